The molecule has 1 atom stereocenters. The second-order valence-electron chi connectivity index (χ2n) is 10.1. The van der Waals surface area contributed by atoms with Crippen LogP contribution in [0.2, 0.25) is 0 Å². The second kappa shape index (κ2) is 12.1. The summed E-state index contributed by atoms with van der Waals surface area (Å²) in [5.74, 6) is -0.909. The molecule has 10 nitrogen and oxygen atoms in total. The van der Waals surface area contributed by atoms with Gasteiger partial charge in [-0.2, -0.15) is 4.80 Å². The molecule has 12 heteroatoms. The summed E-state index contributed by atoms with van der Waals surface area (Å²) in [4.78, 5) is 29.8. The van der Waals surface area contributed by atoms with Gasteiger partial charge in [-0.25, -0.2) is 8.78 Å². The van der Waals surface area contributed by atoms with Crippen LogP contribution in [0.1, 0.15) is 32.4 Å². The lowest BCUT2D eigenvalue weighted by Gasteiger charge is -2.33. The zero-order chi connectivity index (χ0) is 29.7. The first-order chi connectivity index (χ1) is 19.5. The average Bonchev–Trinajstić information content (AvgIpc) is 3.40. The van der Waals surface area contributed by atoms with Crippen LogP contribution in [0.3, 0.4) is 0 Å². The molecule has 0 radical (unpaired) electrons. The molecule has 214 valence electrons. The van der Waals surface area contributed by atoms with Gasteiger partial charge in [0.25, 0.3) is 5.91 Å². The third-order valence-electron chi connectivity index (χ3n) is 5.94. The highest BCUT2D eigenvalue weighted by atomic mass is 19.1. The van der Waals surface area contributed by atoms with Crippen LogP contribution in [0.5, 0.6) is 11.5 Å². The summed E-state index contributed by atoms with van der Waals surface area (Å²) >= 11 is 0. The molecule has 3 aromatic carbocycles. The number of rotatable bonds is 9. The lowest BCUT2D eigenvalue weighted by Crippen LogP contribution is -2.50. The average molecular weight is 565 g/mol. The van der Waals surface area contributed by atoms with Gasteiger partial charge in [0.1, 0.15) is 24.2 Å². The molecule has 0 unspecified atom stereocenters. The lowest BCUT2D eigenvalue weighted by atomic mass is 10.0. The van der Waals surface area contributed by atoms with Crippen molar-refractivity contribution in [3.05, 3.63) is 83.9 Å². The van der Waals surface area contributed by atoms with Gasteiger partial charge < -0.3 is 14.8 Å². The molecule has 0 aliphatic rings. The molecular formula is C29H30F2N6O4. The minimum Gasteiger partial charge on any atom is -0.493 e. The van der Waals surface area contributed by atoms with E-state index in [1.165, 1.54) is 67.7 Å². The van der Waals surface area contributed by atoms with Gasteiger partial charge in [-0.15, -0.1) is 10.2 Å². The monoisotopic (exact) mass is 564 g/mol. The minimum atomic E-state index is -1.22. The summed E-state index contributed by atoms with van der Waals surface area (Å²) in [6, 6.07) is 14.3. The first kappa shape index (κ1) is 29.1. The number of benzene rings is 3. The summed E-state index contributed by atoms with van der Waals surface area (Å²) in [5, 5.41) is 15.3. The fraction of sp³-hybridized carbons (Fsp3) is 0.276. The van der Waals surface area contributed by atoms with E-state index in [0.717, 1.165) is 4.80 Å². The Kier molecular flexibility index (Phi) is 8.60. The van der Waals surface area contributed by atoms with Gasteiger partial charge in [-0.3, -0.25) is 14.5 Å². The van der Waals surface area contributed by atoms with Crippen molar-refractivity contribution in [3.8, 4) is 22.9 Å². The highest BCUT2D eigenvalue weighted by molar-refractivity contribution is 6.01. The highest BCUT2D eigenvalue weighted by Gasteiger charge is 2.35. The van der Waals surface area contributed by atoms with Crippen molar-refractivity contribution in [2.45, 2.75) is 38.9 Å². The van der Waals surface area contributed by atoms with Gasteiger partial charge >= 0.3 is 0 Å². The van der Waals surface area contributed by atoms with Gasteiger partial charge in [0, 0.05) is 16.8 Å². The maximum Gasteiger partial charge on any atom is 0.251 e. The molecule has 0 saturated heterocycles. The molecule has 1 N–H and O–H groups in total. The van der Waals surface area contributed by atoms with Crippen molar-refractivity contribution < 1.29 is 27.8 Å². The van der Waals surface area contributed by atoms with E-state index in [0.29, 0.717) is 22.6 Å². The third kappa shape index (κ3) is 7.02. The number of ether oxygens (including phenoxy) is 2. The smallest absolute Gasteiger partial charge is 0.251 e. The fourth-order valence-corrected chi connectivity index (χ4v) is 4.14. The number of hydrogen-bond acceptors (Lipinski definition) is 7. The van der Waals surface area contributed by atoms with Crippen LogP contribution in [-0.4, -0.2) is 51.8 Å². The molecular weight excluding hydrogens is 534 g/mol. The molecule has 0 spiro atoms. The standard InChI is InChI=1S/C29H30F2N6O4/c1-29(2,3)32-28(39)26(18-6-9-20(30)10-7-18)37(22-13-11-21(31)12-14-22)25(38)17-36-34-27(33-35-36)19-8-15-23(40-4)24(16-19)41-5/h6-16,26H,17H2,1-5H3,(H,32,39)/t26-/m1/s1. The Labute approximate surface area is 235 Å². The summed E-state index contributed by atoms with van der Waals surface area (Å²) in [7, 11) is 3.02. The molecule has 1 aromatic heterocycles. The van der Waals surface area contributed by atoms with Gasteiger partial charge in [-0.1, -0.05) is 12.1 Å². The van der Waals surface area contributed by atoms with Crippen molar-refractivity contribution in [1.29, 1.82) is 0 Å². The molecule has 2 amide bonds. The molecule has 0 fully saturated rings. The molecule has 1 heterocycles. The van der Waals surface area contributed by atoms with Gasteiger partial charge in [0.2, 0.25) is 11.7 Å². The van der Waals surface area contributed by atoms with Crippen LogP contribution >= 0.6 is 0 Å². The third-order valence-corrected chi connectivity index (χ3v) is 5.94. The van der Waals surface area contributed by atoms with E-state index in [4.69, 9.17) is 9.47 Å². The largest absolute Gasteiger partial charge is 0.493 e. The topological polar surface area (TPSA) is 111 Å². The van der Waals surface area contributed by atoms with Crippen molar-refractivity contribution in [3.63, 3.8) is 0 Å². The summed E-state index contributed by atoms with van der Waals surface area (Å²) in [6.07, 6.45) is 0. The molecule has 0 aliphatic carbocycles. The van der Waals surface area contributed by atoms with Crippen LogP contribution in [0.4, 0.5) is 14.5 Å². The summed E-state index contributed by atoms with van der Waals surface area (Å²) < 4.78 is 38.2. The zero-order valence-corrected chi connectivity index (χ0v) is 23.3. The summed E-state index contributed by atoms with van der Waals surface area (Å²) in [6.45, 7) is 4.99. The van der Waals surface area contributed by atoms with Crippen molar-refractivity contribution in [2.75, 3.05) is 19.1 Å². The Morgan fingerprint density at radius 1 is 0.927 bits per heavy atom. The molecule has 0 aliphatic heterocycles. The van der Waals surface area contributed by atoms with Crippen LogP contribution in [0.15, 0.2) is 66.7 Å². The Morgan fingerprint density at radius 3 is 2.12 bits per heavy atom. The molecule has 0 saturated carbocycles. The van der Waals surface area contributed by atoms with E-state index >= 15 is 0 Å². The SMILES string of the molecule is COc1ccc(-c2nnn(CC(=O)N(c3ccc(F)cc3)[C@@H](C(=O)NC(C)(C)C)c3ccc(F)cc3)n2)cc1OC. The number of tetrazole rings is 1. The summed E-state index contributed by atoms with van der Waals surface area (Å²) in [5.41, 5.74) is 0.526. The normalized spacial score (nSPS) is 12.0. The maximum absolute atomic E-state index is 13.9. The van der Waals surface area contributed by atoms with E-state index in [1.807, 2.05) is 0 Å². The number of halogens is 2. The van der Waals surface area contributed by atoms with Gasteiger partial charge in [0.15, 0.2) is 11.5 Å². The van der Waals surface area contributed by atoms with Crippen LogP contribution in [0.25, 0.3) is 11.4 Å². The van der Waals surface area contributed by atoms with Gasteiger partial charge in [0.05, 0.1) is 14.2 Å². The molecule has 4 rings (SSSR count). The van der Waals surface area contributed by atoms with E-state index in [2.05, 4.69) is 20.7 Å². The predicted molar refractivity (Wildman–Crippen MR) is 147 cm³/mol. The lowest BCUT2D eigenvalue weighted by molar-refractivity contribution is -0.128. The number of anilines is 1. The van der Waals surface area contributed by atoms with Crippen LogP contribution in [-0.2, 0) is 16.1 Å². The molecule has 4 aromatic rings. The number of carbonyl (C=O) groups is 2. The van der Waals surface area contributed by atoms with E-state index in [9.17, 15) is 18.4 Å². The maximum atomic E-state index is 13.9. The van der Waals surface area contributed by atoms with E-state index in [1.54, 1.807) is 39.0 Å². The van der Waals surface area contributed by atoms with Gasteiger partial charge in [-0.05, 0) is 86.1 Å². The Bertz CT molecular complexity index is 1520. The van der Waals surface area contributed by atoms with E-state index < -0.39 is 41.6 Å². The predicted octanol–water partition coefficient (Wildman–Crippen LogP) is 4.32. The first-order valence-corrected chi connectivity index (χ1v) is 12.6. The number of hydrogen-bond donors (Lipinski definition) is 1. The number of nitrogens with one attached hydrogen (secondary N) is 1. The Morgan fingerprint density at radius 2 is 1.54 bits per heavy atom. The van der Waals surface area contributed by atoms with Crippen molar-refractivity contribution in [2.24, 2.45) is 0 Å². The number of amides is 2. The quantitative estimate of drug-likeness (QED) is 0.322. The fourth-order valence-electron chi connectivity index (χ4n) is 4.14. The number of aromatic nitrogens is 4. The number of methoxy groups -OCH3 is 2. The van der Waals surface area contributed by atoms with Crippen LogP contribution in [0, 0.1) is 11.6 Å². The number of nitrogens with zero attached hydrogens (tertiary/aromatic N) is 5. The molecule has 0 bridgehead atoms. The Balaban J connectivity index is 1.72. The van der Waals surface area contributed by atoms with E-state index in [-0.39, 0.29) is 11.5 Å². The van der Waals surface area contributed by atoms with Crippen molar-refractivity contribution in [1.82, 2.24) is 25.5 Å². The molecule has 41 heavy (non-hydrogen) atoms. The zero-order valence-electron chi connectivity index (χ0n) is 23.3. The first-order valence-electron chi connectivity index (χ1n) is 12.6. The number of carbonyl (C=O) groups excluding carboxylic acids is 2. The van der Waals surface area contributed by atoms with Crippen LogP contribution < -0.4 is 19.7 Å². The van der Waals surface area contributed by atoms with Crippen molar-refractivity contribution >= 4 is 17.5 Å². The second-order valence-corrected chi connectivity index (χ2v) is 10.1. The highest BCUT2D eigenvalue weighted by Crippen LogP contribution is 2.32. The Hall–Kier alpha value is -4.87. The minimum absolute atomic E-state index is 0.229.